The van der Waals surface area contributed by atoms with Crippen LogP contribution in [0.3, 0.4) is 0 Å². The fourth-order valence-corrected chi connectivity index (χ4v) is 2.33. The maximum absolute atomic E-state index is 12.8. The Balaban J connectivity index is 1.81. The van der Waals surface area contributed by atoms with E-state index >= 15 is 0 Å². The van der Waals surface area contributed by atoms with E-state index in [4.69, 9.17) is 11.6 Å². The second kappa shape index (κ2) is 8.45. The summed E-state index contributed by atoms with van der Waals surface area (Å²) in [7, 11) is 1.57. The highest BCUT2D eigenvalue weighted by molar-refractivity contribution is 6.33. The number of anilines is 1. The van der Waals surface area contributed by atoms with E-state index in [0.29, 0.717) is 17.1 Å². The van der Waals surface area contributed by atoms with Gasteiger partial charge in [0.05, 0.1) is 17.3 Å². The van der Waals surface area contributed by atoms with Gasteiger partial charge in [-0.15, -0.1) is 0 Å². The van der Waals surface area contributed by atoms with E-state index in [1.165, 1.54) is 17.0 Å². The number of rotatable bonds is 6. The third-order valence-electron chi connectivity index (χ3n) is 3.50. The number of likely N-dealkylation sites (N-methyl/N-ethyl adjacent to an activating group) is 1. The third kappa shape index (κ3) is 5.35. The minimum absolute atomic E-state index is 0.0620. The van der Waals surface area contributed by atoms with Gasteiger partial charge in [0.2, 0.25) is 11.8 Å². The number of benzene rings is 2. The molecule has 2 aromatic rings. The maximum atomic E-state index is 12.8. The van der Waals surface area contributed by atoms with Gasteiger partial charge in [0, 0.05) is 13.5 Å². The average molecular weight is 349 g/mol. The van der Waals surface area contributed by atoms with Crippen LogP contribution in [0.5, 0.6) is 0 Å². The largest absolute Gasteiger partial charge is 0.336 e. The highest BCUT2D eigenvalue weighted by Crippen LogP contribution is 2.20. The van der Waals surface area contributed by atoms with Gasteiger partial charge in [0.25, 0.3) is 0 Å². The number of carbonyl (C=O) groups excluding carboxylic acids is 2. The Morgan fingerprint density at radius 2 is 1.79 bits per heavy atom. The van der Waals surface area contributed by atoms with Crippen LogP contribution in [-0.2, 0) is 16.0 Å². The van der Waals surface area contributed by atoms with Crippen molar-refractivity contribution < 1.29 is 14.0 Å². The topological polar surface area (TPSA) is 49.4 Å². The first kappa shape index (κ1) is 17.9. The SMILES string of the molecule is CN(CC(=O)Nc1ccccc1Cl)C(=O)CCc1ccc(F)cc1. The lowest BCUT2D eigenvalue weighted by Crippen LogP contribution is -2.35. The molecular formula is C18H18ClFN2O2. The minimum Gasteiger partial charge on any atom is -0.336 e. The number of hydrogen-bond donors (Lipinski definition) is 1. The van der Waals surface area contributed by atoms with Crippen molar-refractivity contribution in [3.63, 3.8) is 0 Å². The molecule has 0 spiro atoms. The molecule has 2 aromatic carbocycles. The summed E-state index contributed by atoms with van der Waals surface area (Å²) < 4.78 is 12.8. The van der Waals surface area contributed by atoms with Crippen molar-refractivity contribution in [2.24, 2.45) is 0 Å². The van der Waals surface area contributed by atoms with E-state index in [1.54, 1.807) is 43.4 Å². The molecule has 0 saturated heterocycles. The second-order valence-electron chi connectivity index (χ2n) is 5.40. The maximum Gasteiger partial charge on any atom is 0.244 e. The smallest absolute Gasteiger partial charge is 0.244 e. The number of nitrogens with zero attached hydrogens (tertiary/aromatic N) is 1. The van der Waals surface area contributed by atoms with Crippen LogP contribution in [-0.4, -0.2) is 30.3 Å². The van der Waals surface area contributed by atoms with Crippen molar-refractivity contribution in [1.82, 2.24) is 4.90 Å². The molecule has 0 aromatic heterocycles. The predicted octanol–water partition coefficient (Wildman–Crippen LogP) is 3.51. The molecule has 2 amide bonds. The van der Waals surface area contributed by atoms with Gasteiger partial charge in [-0.25, -0.2) is 4.39 Å². The summed E-state index contributed by atoms with van der Waals surface area (Å²) in [5, 5.41) is 3.11. The Bertz CT molecular complexity index is 719. The van der Waals surface area contributed by atoms with Crippen LogP contribution in [0.15, 0.2) is 48.5 Å². The fraction of sp³-hybridized carbons (Fsp3) is 0.222. The molecule has 4 nitrogen and oxygen atoms in total. The Morgan fingerprint density at radius 3 is 2.46 bits per heavy atom. The zero-order valence-corrected chi connectivity index (χ0v) is 14.0. The zero-order valence-electron chi connectivity index (χ0n) is 13.3. The van der Waals surface area contributed by atoms with E-state index < -0.39 is 0 Å². The summed E-state index contributed by atoms with van der Waals surface area (Å²) in [6, 6.07) is 12.9. The van der Waals surface area contributed by atoms with Crippen LogP contribution in [0.1, 0.15) is 12.0 Å². The van der Waals surface area contributed by atoms with E-state index in [1.807, 2.05) is 0 Å². The molecule has 0 atom stereocenters. The first-order valence-electron chi connectivity index (χ1n) is 7.48. The van der Waals surface area contributed by atoms with E-state index in [2.05, 4.69) is 5.32 Å². The number of para-hydroxylation sites is 1. The molecule has 0 saturated carbocycles. The van der Waals surface area contributed by atoms with Crippen molar-refractivity contribution >= 4 is 29.1 Å². The molecule has 126 valence electrons. The summed E-state index contributed by atoms with van der Waals surface area (Å²) in [4.78, 5) is 25.4. The first-order chi connectivity index (χ1) is 11.5. The summed E-state index contributed by atoms with van der Waals surface area (Å²) in [5.41, 5.74) is 1.38. The lowest BCUT2D eigenvalue weighted by atomic mass is 10.1. The van der Waals surface area contributed by atoms with Gasteiger partial charge in [0.1, 0.15) is 5.82 Å². The molecule has 0 unspecified atom stereocenters. The summed E-state index contributed by atoms with van der Waals surface area (Å²) >= 11 is 5.97. The molecule has 24 heavy (non-hydrogen) atoms. The number of nitrogens with one attached hydrogen (secondary N) is 1. The molecule has 6 heteroatoms. The minimum atomic E-state index is -0.319. The fourth-order valence-electron chi connectivity index (χ4n) is 2.15. The van der Waals surface area contributed by atoms with E-state index in [9.17, 15) is 14.0 Å². The third-order valence-corrected chi connectivity index (χ3v) is 3.82. The summed E-state index contributed by atoms with van der Waals surface area (Å²) in [6.45, 7) is -0.0620. The van der Waals surface area contributed by atoms with Gasteiger partial charge < -0.3 is 10.2 Å². The molecule has 0 bridgehead atoms. The number of amides is 2. The monoisotopic (exact) mass is 348 g/mol. The molecule has 0 radical (unpaired) electrons. The number of carbonyl (C=O) groups is 2. The van der Waals surface area contributed by atoms with Crippen molar-refractivity contribution in [3.05, 3.63) is 64.9 Å². The second-order valence-corrected chi connectivity index (χ2v) is 5.81. The number of halogens is 2. The van der Waals surface area contributed by atoms with Crippen molar-refractivity contribution in [1.29, 1.82) is 0 Å². The lowest BCUT2D eigenvalue weighted by molar-refractivity contribution is -0.133. The van der Waals surface area contributed by atoms with Crippen LogP contribution < -0.4 is 5.32 Å². The van der Waals surface area contributed by atoms with Gasteiger partial charge in [-0.2, -0.15) is 0 Å². The molecule has 0 aliphatic carbocycles. The standard InChI is InChI=1S/C18H18ClFN2O2/c1-22(12-17(23)21-16-5-3-2-4-15(16)19)18(24)11-8-13-6-9-14(20)10-7-13/h2-7,9-10H,8,11-12H2,1H3,(H,21,23). The van der Waals surface area contributed by atoms with Crippen LogP contribution in [0.2, 0.25) is 5.02 Å². The highest BCUT2D eigenvalue weighted by atomic mass is 35.5. The van der Waals surface area contributed by atoms with Crippen LogP contribution in [0.25, 0.3) is 0 Å². The van der Waals surface area contributed by atoms with Gasteiger partial charge in [-0.1, -0.05) is 35.9 Å². The Morgan fingerprint density at radius 1 is 1.12 bits per heavy atom. The summed E-state index contributed by atoms with van der Waals surface area (Å²) in [5.74, 6) is -0.784. The average Bonchev–Trinajstić information content (AvgIpc) is 2.56. The van der Waals surface area contributed by atoms with Crippen molar-refractivity contribution in [2.75, 3.05) is 18.9 Å². The highest BCUT2D eigenvalue weighted by Gasteiger charge is 2.14. The quantitative estimate of drug-likeness (QED) is 0.868. The molecule has 0 aliphatic heterocycles. The number of hydrogen-bond acceptors (Lipinski definition) is 2. The zero-order chi connectivity index (χ0) is 17.5. The molecular weight excluding hydrogens is 331 g/mol. The van der Waals surface area contributed by atoms with Gasteiger partial charge in [-0.3, -0.25) is 9.59 Å². The summed E-state index contributed by atoms with van der Waals surface area (Å²) in [6.07, 6.45) is 0.747. The Hall–Kier alpha value is -2.40. The van der Waals surface area contributed by atoms with Gasteiger partial charge >= 0.3 is 0 Å². The van der Waals surface area contributed by atoms with Crippen LogP contribution in [0.4, 0.5) is 10.1 Å². The molecule has 1 N–H and O–H groups in total. The van der Waals surface area contributed by atoms with E-state index in [0.717, 1.165) is 5.56 Å². The molecule has 0 aliphatic rings. The molecule has 2 rings (SSSR count). The van der Waals surface area contributed by atoms with E-state index in [-0.39, 0.29) is 30.6 Å². The Labute approximate surface area is 145 Å². The van der Waals surface area contributed by atoms with Gasteiger partial charge in [0.15, 0.2) is 0 Å². The predicted molar refractivity (Wildman–Crippen MR) is 92.4 cm³/mol. The molecule has 0 fully saturated rings. The van der Waals surface area contributed by atoms with Crippen molar-refractivity contribution in [3.8, 4) is 0 Å². The first-order valence-corrected chi connectivity index (χ1v) is 7.86. The number of aryl methyl sites for hydroxylation is 1. The van der Waals surface area contributed by atoms with Crippen molar-refractivity contribution in [2.45, 2.75) is 12.8 Å². The van der Waals surface area contributed by atoms with Crippen LogP contribution >= 0.6 is 11.6 Å². The lowest BCUT2D eigenvalue weighted by Gasteiger charge is -2.17. The van der Waals surface area contributed by atoms with Gasteiger partial charge in [-0.05, 0) is 36.2 Å². The van der Waals surface area contributed by atoms with Crippen LogP contribution in [0, 0.1) is 5.82 Å². The Kier molecular flexibility index (Phi) is 6.32. The molecule has 0 heterocycles. The normalized spacial score (nSPS) is 10.3.